The second kappa shape index (κ2) is 7.17. The third-order valence-electron chi connectivity index (χ3n) is 3.87. The number of furan rings is 1. The normalized spacial score (nSPS) is 12.0. The van der Waals surface area contributed by atoms with Crippen molar-refractivity contribution in [3.8, 4) is 0 Å². The molecule has 1 atom stereocenters. The molecule has 0 fully saturated rings. The zero-order chi connectivity index (χ0) is 18.8. The zero-order valence-electron chi connectivity index (χ0n) is 14.0. The Hall–Kier alpha value is -2.86. The standard InChI is InChI=1S/C19H15ClFNO4/c1-10-13-5-3-4-6-16(13)26-17(10)19(24)25-11(2)18(23)22-15-8-7-12(21)9-14(15)20/h3-9,11H,1-2H3,(H,22,23)/t11-/m1/s1. The fraction of sp³-hybridized carbons (Fsp3) is 0.158. The van der Waals surface area contributed by atoms with Crippen LogP contribution in [-0.4, -0.2) is 18.0 Å². The molecule has 0 unspecified atom stereocenters. The number of carbonyl (C=O) groups is 2. The molecule has 134 valence electrons. The molecule has 1 N–H and O–H groups in total. The van der Waals surface area contributed by atoms with Crippen LogP contribution < -0.4 is 5.32 Å². The summed E-state index contributed by atoms with van der Waals surface area (Å²) < 4.78 is 23.8. The topological polar surface area (TPSA) is 68.5 Å². The molecular weight excluding hydrogens is 361 g/mol. The predicted molar refractivity (Wildman–Crippen MR) is 95.9 cm³/mol. The number of aryl methyl sites for hydroxylation is 1. The van der Waals surface area contributed by atoms with Gasteiger partial charge in [-0.3, -0.25) is 4.79 Å². The zero-order valence-corrected chi connectivity index (χ0v) is 14.8. The summed E-state index contributed by atoms with van der Waals surface area (Å²) in [6.07, 6.45) is -1.10. The molecule has 7 heteroatoms. The van der Waals surface area contributed by atoms with E-state index in [1.54, 1.807) is 19.1 Å². The van der Waals surface area contributed by atoms with E-state index in [1.165, 1.54) is 13.0 Å². The van der Waals surface area contributed by atoms with Gasteiger partial charge in [0.1, 0.15) is 11.4 Å². The number of rotatable bonds is 4. The Morgan fingerprint density at radius 1 is 1.23 bits per heavy atom. The fourth-order valence-corrected chi connectivity index (χ4v) is 2.68. The van der Waals surface area contributed by atoms with Crippen molar-refractivity contribution >= 4 is 40.1 Å². The van der Waals surface area contributed by atoms with Gasteiger partial charge in [-0.1, -0.05) is 29.8 Å². The lowest BCUT2D eigenvalue weighted by molar-refractivity contribution is -0.123. The number of esters is 1. The maximum atomic E-state index is 13.1. The third-order valence-corrected chi connectivity index (χ3v) is 4.18. The number of benzene rings is 2. The van der Waals surface area contributed by atoms with Gasteiger partial charge in [-0.25, -0.2) is 9.18 Å². The number of fused-ring (bicyclic) bond motifs is 1. The molecule has 3 aromatic rings. The average Bonchev–Trinajstić information content (AvgIpc) is 2.94. The van der Waals surface area contributed by atoms with Gasteiger partial charge in [-0.15, -0.1) is 0 Å². The van der Waals surface area contributed by atoms with Crippen molar-refractivity contribution in [1.29, 1.82) is 0 Å². The van der Waals surface area contributed by atoms with Crippen LogP contribution in [0.1, 0.15) is 23.0 Å². The monoisotopic (exact) mass is 375 g/mol. The molecule has 5 nitrogen and oxygen atoms in total. The lowest BCUT2D eigenvalue weighted by atomic mass is 10.1. The molecular formula is C19H15ClFNO4. The van der Waals surface area contributed by atoms with Crippen LogP contribution in [0.5, 0.6) is 0 Å². The van der Waals surface area contributed by atoms with Crippen LogP contribution in [0, 0.1) is 12.7 Å². The molecule has 3 rings (SSSR count). The summed E-state index contributed by atoms with van der Waals surface area (Å²) in [7, 11) is 0. The van der Waals surface area contributed by atoms with Gasteiger partial charge in [0.25, 0.3) is 5.91 Å². The number of nitrogens with one attached hydrogen (secondary N) is 1. The molecule has 0 spiro atoms. The summed E-state index contributed by atoms with van der Waals surface area (Å²) >= 11 is 5.87. The van der Waals surface area contributed by atoms with E-state index in [1.807, 2.05) is 12.1 Å². The molecule has 0 aliphatic carbocycles. The highest BCUT2D eigenvalue weighted by atomic mass is 35.5. The van der Waals surface area contributed by atoms with Crippen molar-refractivity contribution in [3.63, 3.8) is 0 Å². The molecule has 0 bridgehead atoms. The van der Waals surface area contributed by atoms with Crippen LogP contribution in [0.15, 0.2) is 46.9 Å². The van der Waals surface area contributed by atoms with Crippen molar-refractivity contribution in [2.45, 2.75) is 20.0 Å². The highest BCUT2D eigenvalue weighted by Gasteiger charge is 2.24. The molecule has 0 saturated heterocycles. The summed E-state index contributed by atoms with van der Waals surface area (Å²) in [4.78, 5) is 24.5. The van der Waals surface area contributed by atoms with E-state index >= 15 is 0 Å². The third kappa shape index (κ3) is 3.55. The number of hydrogen-bond donors (Lipinski definition) is 1. The lowest BCUT2D eigenvalue weighted by Crippen LogP contribution is -2.30. The highest BCUT2D eigenvalue weighted by Crippen LogP contribution is 2.26. The number of amides is 1. The fourth-order valence-electron chi connectivity index (χ4n) is 2.46. The summed E-state index contributed by atoms with van der Waals surface area (Å²) in [6, 6.07) is 10.8. The average molecular weight is 376 g/mol. The molecule has 1 heterocycles. The maximum absolute atomic E-state index is 13.1. The first kappa shape index (κ1) is 17.9. The number of anilines is 1. The Morgan fingerprint density at radius 2 is 1.96 bits per heavy atom. The number of para-hydroxylation sites is 1. The Morgan fingerprint density at radius 3 is 2.65 bits per heavy atom. The minimum absolute atomic E-state index is 0.0463. The molecule has 0 aliphatic heterocycles. The predicted octanol–water partition coefficient (Wildman–Crippen LogP) is 4.72. The van der Waals surface area contributed by atoms with Gasteiger partial charge >= 0.3 is 5.97 Å². The Kier molecular flexibility index (Phi) is 4.95. The molecule has 1 aromatic heterocycles. The van der Waals surface area contributed by atoms with Crippen molar-refractivity contribution in [1.82, 2.24) is 0 Å². The van der Waals surface area contributed by atoms with Gasteiger partial charge < -0.3 is 14.5 Å². The van der Waals surface area contributed by atoms with Crippen molar-refractivity contribution in [3.05, 3.63) is 64.6 Å². The van der Waals surface area contributed by atoms with Gasteiger partial charge in [0.2, 0.25) is 5.76 Å². The molecule has 1 amide bonds. The van der Waals surface area contributed by atoms with Crippen LogP contribution in [0.4, 0.5) is 10.1 Å². The van der Waals surface area contributed by atoms with Crippen LogP contribution in [0.3, 0.4) is 0 Å². The number of halogens is 2. The molecule has 26 heavy (non-hydrogen) atoms. The molecule has 2 aromatic carbocycles. The lowest BCUT2D eigenvalue weighted by Gasteiger charge is -2.13. The van der Waals surface area contributed by atoms with Gasteiger partial charge in [-0.05, 0) is 38.1 Å². The number of ether oxygens (including phenoxy) is 1. The number of hydrogen-bond acceptors (Lipinski definition) is 4. The van der Waals surface area contributed by atoms with Gasteiger partial charge in [-0.2, -0.15) is 0 Å². The second-order valence-corrected chi connectivity index (χ2v) is 6.12. The first-order chi connectivity index (χ1) is 12.4. The highest BCUT2D eigenvalue weighted by molar-refractivity contribution is 6.33. The van der Waals surface area contributed by atoms with Crippen LogP contribution in [0.2, 0.25) is 5.02 Å². The Bertz CT molecular complexity index is 998. The Balaban J connectivity index is 1.71. The summed E-state index contributed by atoms with van der Waals surface area (Å²) in [5.74, 6) is -1.81. The SMILES string of the molecule is Cc1c(C(=O)O[C@H](C)C(=O)Nc2ccc(F)cc2Cl)oc2ccccc12. The summed E-state index contributed by atoms with van der Waals surface area (Å²) in [5.41, 5.74) is 1.42. The van der Waals surface area contributed by atoms with E-state index in [0.29, 0.717) is 11.1 Å². The number of carbonyl (C=O) groups excluding carboxylic acids is 2. The minimum Gasteiger partial charge on any atom is -0.449 e. The van der Waals surface area contributed by atoms with Crippen LogP contribution >= 0.6 is 11.6 Å². The van der Waals surface area contributed by atoms with E-state index in [-0.39, 0.29) is 16.5 Å². The van der Waals surface area contributed by atoms with E-state index in [2.05, 4.69) is 5.32 Å². The first-order valence-electron chi connectivity index (χ1n) is 7.82. The van der Waals surface area contributed by atoms with Crippen molar-refractivity contribution < 1.29 is 23.1 Å². The van der Waals surface area contributed by atoms with E-state index in [9.17, 15) is 14.0 Å². The van der Waals surface area contributed by atoms with Crippen LogP contribution in [-0.2, 0) is 9.53 Å². The van der Waals surface area contributed by atoms with Crippen molar-refractivity contribution in [2.75, 3.05) is 5.32 Å². The Labute approximate surface area is 153 Å². The molecule has 0 radical (unpaired) electrons. The minimum atomic E-state index is -1.10. The van der Waals surface area contributed by atoms with Crippen LogP contribution in [0.25, 0.3) is 11.0 Å². The summed E-state index contributed by atoms with van der Waals surface area (Å²) in [6.45, 7) is 3.16. The van der Waals surface area contributed by atoms with Crippen molar-refractivity contribution in [2.24, 2.45) is 0 Å². The largest absolute Gasteiger partial charge is 0.449 e. The van der Waals surface area contributed by atoms with E-state index < -0.39 is 23.8 Å². The van der Waals surface area contributed by atoms with E-state index in [4.69, 9.17) is 20.8 Å². The molecule has 0 aliphatic rings. The second-order valence-electron chi connectivity index (χ2n) is 5.71. The summed E-state index contributed by atoms with van der Waals surface area (Å²) in [5, 5.41) is 3.34. The maximum Gasteiger partial charge on any atom is 0.375 e. The smallest absolute Gasteiger partial charge is 0.375 e. The van der Waals surface area contributed by atoms with Gasteiger partial charge in [0.05, 0.1) is 10.7 Å². The quantitative estimate of drug-likeness (QED) is 0.670. The van der Waals surface area contributed by atoms with Gasteiger partial charge in [0.15, 0.2) is 6.10 Å². The van der Waals surface area contributed by atoms with Gasteiger partial charge in [0, 0.05) is 10.9 Å². The van der Waals surface area contributed by atoms with E-state index in [0.717, 1.165) is 17.5 Å². The first-order valence-corrected chi connectivity index (χ1v) is 8.19. The molecule has 0 saturated carbocycles.